The van der Waals surface area contributed by atoms with Gasteiger partial charge in [-0.25, -0.2) is 14.2 Å². The van der Waals surface area contributed by atoms with Crippen LogP contribution in [0.5, 0.6) is 11.5 Å². The summed E-state index contributed by atoms with van der Waals surface area (Å²) in [5.41, 5.74) is -0.190. The molecule has 4 amide bonds. The molecule has 5 rings (SSSR count). The highest BCUT2D eigenvalue weighted by molar-refractivity contribution is 6.16. The molecule has 0 radical (unpaired) electrons. The van der Waals surface area contributed by atoms with Gasteiger partial charge in [0.1, 0.15) is 28.5 Å². The second-order valence-corrected chi connectivity index (χ2v) is 9.12. The fourth-order valence-corrected chi connectivity index (χ4v) is 4.11. The summed E-state index contributed by atoms with van der Waals surface area (Å²) in [7, 11) is 0. The van der Waals surface area contributed by atoms with Crippen molar-refractivity contribution >= 4 is 35.0 Å². The quantitative estimate of drug-likeness (QED) is 0.393. The van der Waals surface area contributed by atoms with E-state index in [4.69, 9.17) is 4.74 Å². The molecule has 1 saturated carbocycles. The van der Waals surface area contributed by atoms with Crippen LogP contribution in [0.25, 0.3) is 0 Å². The summed E-state index contributed by atoms with van der Waals surface area (Å²) < 4.78 is 19.0. The largest absolute Gasteiger partial charge is 0.457 e. The summed E-state index contributed by atoms with van der Waals surface area (Å²) in [5, 5.41) is 8.26. The van der Waals surface area contributed by atoms with Gasteiger partial charge in [-0.15, -0.1) is 0 Å². The van der Waals surface area contributed by atoms with Crippen molar-refractivity contribution in [3.8, 4) is 11.5 Å². The first-order chi connectivity index (χ1) is 17.9. The number of nitrogens with zero attached hydrogens (tertiary/aromatic N) is 2. The lowest BCUT2D eigenvalue weighted by Gasteiger charge is -2.16. The third kappa shape index (κ3) is 5.69. The molecule has 190 valence electrons. The van der Waals surface area contributed by atoms with Gasteiger partial charge in [0.15, 0.2) is 0 Å². The third-order valence-electron chi connectivity index (χ3n) is 6.43. The van der Waals surface area contributed by atoms with E-state index in [0.717, 1.165) is 25.9 Å². The van der Waals surface area contributed by atoms with Gasteiger partial charge in [-0.05, 0) is 80.3 Å². The average molecular weight is 504 g/mol. The van der Waals surface area contributed by atoms with Crippen molar-refractivity contribution in [3.63, 3.8) is 0 Å². The predicted molar refractivity (Wildman–Crippen MR) is 136 cm³/mol. The molecule has 1 aliphatic heterocycles. The van der Waals surface area contributed by atoms with Crippen molar-refractivity contribution in [1.29, 1.82) is 0 Å². The number of anilines is 3. The number of halogens is 1. The van der Waals surface area contributed by atoms with Crippen LogP contribution in [0.15, 0.2) is 66.9 Å². The number of likely N-dealkylation sites (tertiary alicyclic amines) is 1. The van der Waals surface area contributed by atoms with Crippen LogP contribution in [0.2, 0.25) is 0 Å². The molecule has 3 aromatic rings. The molecule has 2 aliphatic rings. The number of nitrogens with one attached hydrogen (secondary N) is 3. The van der Waals surface area contributed by atoms with Gasteiger partial charge < -0.3 is 20.3 Å². The first-order valence-electron chi connectivity index (χ1n) is 12.1. The minimum absolute atomic E-state index is 0.179. The molecule has 0 bridgehead atoms. The van der Waals surface area contributed by atoms with Crippen LogP contribution in [0.4, 0.5) is 26.4 Å². The Bertz CT molecular complexity index is 1300. The Morgan fingerprint density at radius 2 is 1.41 bits per heavy atom. The second-order valence-electron chi connectivity index (χ2n) is 9.12. The van der Waals surface area contributed by atoms with E-state index < -0.39 is 23.0 Å². The highest BCUT2D eigenvalue weighted by Crippen LogP contribution is 2.47. The monoisotopic (exact) mass is 503 g/mol. The number of benzene rings is 2. The minimum Gasteiger partial charge on any atom is -0.457 e. The number of aromatic nitrogens is 1. The topological polar surface area (TPSA) is 113 Å². The predicted octanol–water partition coefficient (Wildman–Crippen LogP) is 5.00. The molecule has 2 heterocycles. The number of hydrogen-bond donors (Lipinski definition) is 3. The summed E-state index contributed by atoms with van der Waals surface area (Å²) in [4.78, 5) is 43.8. The van der Waals surface area contributed by atoms with E-state index in [9.17, 15) is 18.8 Å². The summed E-state index contributed by atoms with van der Waals surface area (Å²) in [6.07, 6.45) is 4.43. The molecule has 0 atom stereocenters. The van der Waals surface area contributed by atoms with Gasteiger partial charge in [-0.3, -0.25) is 14.9 Å². The van der Waals surface area contributed by atoms with Gasteiger partial charge in [0.25, 0.3) is 0 Å². The molecular weight excluding hydrogens is 477 g/mol. The summed E-state index contributed by atoms with van der Waals surface area (Å²) in [5.74, 6) is 0.203. The third-order valence-corrected chi connectivity index (χ3v) is 6.43. The molecule has 0 unspecified atom stereocenters. The van der Waals surface area contributed by atoms with E-state index >= 15 is 0 Å². The van der Waals surface area contributed by atoms with E-state index in [0.29, 0.717) is 41.5 Å². The fraction of sp³-hybridized carbons (Fsp3) is 0.259. The Balaban J connectivity index is 1.16. The first kappa shape index (κ1) is 24.2. The van der Waals surface area contributed by atoms with Crippen LogP contribution in [-0.2, 0) is 9.59 Å². The van der Waals surface area contributed by atoms with Gasteiger partial charge in [0.05, 0.1) is 0 Å². The lowest BCUT2D eigenvalue weighted by molar-refractivity contribution is -0.131. The Morgan fingerprint density at radius 3 is 2.00 bits per heavy atom. The molecule has 10 heteroatoms. The van der Waals surface area contributed by atoms with E-state index in [1.807, 2.05) is 0 Å². The molecule has 3 N–H and O–H groups in total. The first-order valence-corrected chi connectivity index (χ1v) is 12.1. The van der Waals surface area contributed by atoms with Crippen LogP contribution in [0, 0.1) is 11.2 Å². The van der Waals surface area contributed by atoms with Crippen molar-refractivity contribution in [2.45, 2.75) is 25.7 Å². The summed E-state index contributed by atoms with van der Waals surface area (Å²) in [6, 6.07) is 15.3. The van der Waals surface area contributed by atoms with Gasteiger partial charge in [-0.2, -0.15) is 0 Å². The number of amides is 4. The molecule has 9 nitrogen and oxygen atoms in total. The molecule has 1 aliphatic carbocycles. The van der Waals surface area contributed by atoms with Crippen LogP contribution in [0.3, 0.4) is 0 Å². The van der Waals surface area contributed by atoms with Crippen LogP contribution in [-0.4, -0.2) is 40.8 Å². The molecular formula is C27H26FN5O4. The Morgan fingerprint density at radius 1 is 0.811 bits per heavy atom. The van der Waals surface area contributed by atoms with E-state index in [1.165, 1.54) is 24.3 Å². The summed E-state index contributed by atoms with van der Waals surface area (Å²) >= 11 is 0. The van der Waals surface area contributed by atoms with Crippen molar-refractivity contribution in [2.24, 2.45) is 5.41 Å². The summed E-state index contributed by atoms with van der Waals surface area (Å²) in [6.45, 7) is 1.48. The zero-order valence-electron chi connectivity index (χ0n) is 20.0. The van der Waals surface area contributed by atoms with Crippen molar-refractivity contribution in [3.05, 3.63) is 72.7 Å². The van der Waals surface area contributed by atoms with Gasteiger partial charge in [0.2, 0.25) is 11.8 Å². The van der Waals surface area contributed by atoms with Gasteiger partial charge >= 0.3 is 6.03 Å². The van der Waals surface area contributed by atoms with E-state index in [1.54, 1.807) is 47.5 Å². The number of ether oxygens (including phenoxy) is 1. The Hall–Kier alpha value is -4.47. The minimum atomic E-state index is -1.14. The number of carbonyl (C=O) groups is 3. The molecule has 0 spiro atoms. The van der Waals surface area contributed by atoms with Gasteiger partial charge in [-0.1, -0.05) is 0 Å². The molecule has 1 saturated heterocycles. The van der Waals surface area contributed by atoms with E-state index in [-0.39, 0.29) is 6.03 Å². The zero-order valence-corrected chi connectivity index (χ0v) is 20.0. The molecule has 2 aromatic carbocycles. The highest BCUT2D eigenvalue weighted by atomic mass is 19.1. The standard InChI is InChI=1S/C27H26FN5O4/c28-18-3-5-19(6-4-18)30-24(34)27(12-13-27)25(35)31-20-7-9-21(10-8-20)37-22-11-14-29-23(17-22)32-26(36)33-15-1-2-16-33/h3-11,14,17H,1-2,12-13,15-16H2,(H,30,34)(H,31,35)(H,29,32,36). The lowest BCUT2D eigenvalue weighted by atomic mass is 10.0. The average Bonchev–Trinajstić information content (AvgIpc) is 3.53. The van der Waals surface area contributed by atoms with Crippen molar-refractivity contribution in [2.75, 3.05) is 29.0 Å². The maximum Gasteiger partial charge on any atom is 0.323 e. The SMILES string of the molecule is O=C(Nc1cc(Oc2ccc(NC(=O)C3(C(=O)Nc4ccc(F)cc4)CC3)cc2)ccn1)N1CCCC1. The molecule has 37 heavy (non-hydrogen) atoms. The number of hydrogen-bond acceptors (Lipinski definition) is 5. The highest BCUT2D eigenvalue weighted by Gasteiger charge is 2.56. The lowest BCUT2D eigenvalue weighted by Crippen LogP contribution is -2.35. The molecule has 1 aromatic heterocycles. The normalized spacial score (nSPS) is 15.5. The maximum absolute atomic E-state index is 13.1. The van der Waals surface area contributed by atoms with Crippen LogP contribution < -0.4 is 20.7 Å². The Labute approximate surface area is 213 Å². The number of carbonyl (C=O) groups excluding carboxylic acids is 3. The molecule has 2 fully saturated rings. The Kier molecular flexibility index (Phi) is 6.72. The smallest absolute Gasteiger partial charge is 0.323 e. The second kappa shape index (κ2) is 10.3. The maximum atomic E-state index is 13.1. The van der Waals surface area contributed by atoms with Crippen molar-refractivity contribution < 1.29 is 23.5 Å². The number of urea groups is 1. The number of pyridine rings is 1. The number of rotatable bonds is 7. The fourth-order valence-electron chi connectivity index (χ4n) is 4.11. The van der Waals surface area contributed by atoms with Crippen LogP contribution >= 0.6 is 0 Å². The van der Waals surface area contributed by atoms with Crippen molar-refractivity contribution in [1.82, 2.24) is 9.88 Å². The van der Waals surface area contributed by atoms with Gasteiger partial charge in [0, 0.05) is 36.7 Å². The van der Waals surface area contributed by atoms with Crippen LogP contribution in [0.1, 0.15) is 25.7 Å². The van der Waals surface area contributed by atoms with E-state index in [2.05, 4.69) is 20.9 Å². The zero-order chi connectivity index (χ0) is 25.8.